The van der Waals surface area contributed by atoms with Gasteiger partial charge in [0, 0.05) is 27.4 Å². The summed E-state index contributed by atoms with van der Waals surface area (Å²) in [7, 11) is -3.07. The molecule has 17 heavy (non-hydrogen) atoms. The zero-order valence-electron chi connectivity index (χ0n) is 10.8. The van der Waals surface area contributed by atoms with E-state index in [1.54, 1.807) is 20.4 Å². The normalized spacial score (nSPS) is 13.4. The molecule has 0 aliphatic carbocycles. The van der Waals surface area contributed by atoms with Gasteiger partial charge in [-0.2, -0.15) is 0 Å². The van der Waals surface area contributed by atoms with Crippen LogP contribution in [0.3, 0.4) is 0 Å². The van der Waals surface area contributed by atoms with Crippen LogP contribution in [0.2, 0.25) is 6.55 Å². The van der Waals surface area contributed by atoms with Crippen molar-refractivity contribution in [2.24, 2.45) is 0 Å². The van der Waals surface area contributed by atoms with Crippen molar-refractivity contribution < 1.29 is 32.6 Å². The monoisotopic (exact) mass is 288 g/mol. The third-order valence-corrected chi connectivity index (χ3v) is 6.01. The molecule has 0 fully saturated rings. The highest BCUT2D eigenvalue weighted by molar-refractivity contribution is 7.39. The van der Waals surface area contributed by atoms with Crippen molar-refractivity contribution in [1.82, 2.24) is 0 Å². The molecule has 9 heteroatoms. The molecule has 0 heterocycles. The topological polar surface area (TPSA) is 86.6 Å². The zero-order chi connectivity index (χ0) is 13.5. The molecular weight excluding hydrogens is 267 g/mol. The standard InChI is InChI=1S/C8H21O7PSi/c1-6-13-17(5,14-7-2)8(11-3,12-4)15-16(9)10/h9-10H,6-7H2,1-5H3. The Bertz CT molecular complexity index is 206. The SMILES string of the molecule is CCO[Si](C)(OCC)C(OC)(OC)OP(O)O. The minimum atomic E-state index is -3.06. The predicted octanol–water partition coefficient (Wildman–Crippen LogP) is 0.845. The number of rotatable bonds is 9. The summed E-state index contributed by atoms with van der Waals surface area (Å²) in [6.07, 6.45) is 0. The minimum Gasteiger partial charge on any atom is -0.390 e. The maximum absolute atomic E-state index is 9.00. The molecule has 2 N–H and O–H groups in total. The Balaban J connectivity index is 5.18. The Hall–Kier alpha value is 0.367. The van der Waals surface area contributed by atoms with Crippen molar-refractivity contribution in [2.75, 3.05) is 27.4 Å². The number of hydrogen-bond donors (Lipinski definition) is 2. The van der Waals surface area contributed by atoms with Gasteiger partial charge in [-0.25, -0.2) is 0 Å². The van der Waals surface area contributed by atoms with Crippen LogP contribution in [0.25, 0.3) is 0 Å². The van der Waals surface area contributed by atoms with Crippen LogP contribution in [0.4, 0.5) is 0 Å². The molecule has 104 valence electrons. The minimum absolute atomic E-state index is 0.370. The van der Waals surface area contributed by atoms with Gasteiger partial charge in [0.25, 0.3) is 0 Å². The van der Waals surface area contributed by atoms with E-state index in [9.17, 15) is 0 Å². The van der Waals surface area contributed by atoms with Gasteiger partial charge < -0.3 is 28.1 Å². The Kier molecular flexibility index (Phi) is 7.89. The van der Waals surface area contributed by atoms with E-state index in [4.69, 9.17) is 32.6 Å². The Morgan fingerprint density at radius 3 is 1.71 bits per heavy atom. The van der Waals surface area contributed by atoms with Crippen LogP contribution in [-0.2, 0) is 22.8 Å². The lowest BCUT2D eigenvalue weighted by atomic mass is 10.9. The maximum atomic E-state index is 9.00. The van der Waals surface area contributed by atoms with E-state index in [1.165, 1.54) is 14.2 Å². The van der Waals surface area contributed by atoms with E-state index in [0.717, 1.165) is 0 Å². The summed E-state index contributed by atoms with van der Waals surface area (Å²) in [5, 5.41) is 0. The van der Waals surface area contributed by atoms with E-state index in [-0.39, 0.29) is 0 Å². The first-order valence-electron chi connectivity index (χ1n) is 5.16. The zero-order valence-corrected chi connectivity index (χ0v) is 12.7. The molecule has 7 nitrogen and oxygen atoms in total. The van der Waals surface area contributed by atoms with Gasteiger partial charge in [-0.15, -0.1) is 0 Å². The summed E-state index contributed by atoms with van der Waals surface area (Å²) < 4.78 is 26.3. The molecule has 0 unspecified atom stereocenters. The third kappa shape index (κ3) is 4.20. The lowest BCUT2D eigenvalue weighted by molar-refractivity contribution is -0.289. The smallest absolute Gasteiger partial charge is 0.390 e. The van der Waals surface area contributed by atoms with Gasteiger partial charge in [-0.3, -0.25) is 4.52 Å². The molecule has 0 bridgehead atoms. The van der Waals surface area contributed by atoms with E-state index < -0.39 is 22.8 Å². The van der Waals surface area contributed by atoms with Crippen LogP contribution >= 0.6 is 8.60 Å². The fourth-order valence-corrected chi connectivity index (χ4v) is 5.04. The van der Waals surface area contributed by atoms with Gasteiger partial charge in [-0.05, 0) is 20.4 Å². The Morgan fingerprint density at radius 1 is 1.06 bits per heavy atom. The van der Waals surface area contributed by atoms with Gasteiger partial charge >= 0.3 is 22.8 Å². The highest BCUT2D eigenvalue weighted by Crippen LogP contribution is 2.39. The van der Waals surface area contributed by atoms with Crippen LogP contribution in [0.1, 0.15) is 13.8 Å². The van der Waals surface area contributed by atoms with Gasteiger partial charge in [0.1, 0.15) is 0 Å². The van der Waals surface area contributed by atoms with Gasteiger partial charge in [-0.1, -0.05) is 0 Å². The first kappa shape index (κ1) is 17.4. The summed E-state index contributed by atoms with van der Waals surface area (Å²) in [6.45, 7) is 6.00. The van der Waals surface area contributed by atoms with Crippen molar-refractivity contribution in [2.45, 2.75) is 26.0 Å². The van der Waals surface area contributed by atoms with Crippen molar-refractivity contribution in [3.8, 4) is 0 Å². The van der Waals surface area contributed by atoms with Crippen molar-refractivity contribution in [3.05, 3.63) is 0 Å². The maximum Gasteiger partial charge on any atom is 0.436 e. The van der Waals surface area contributed by atoms with E-state index in [1.807, 2.05) is 0 Å². The highest BCUT2D eigenvalue weighted by atomic mass is 31.2. The lowest BCUT2D eigenvalue weighted by Gasteiger charge is -2.40. The Labute approximate surface area is 104 Å². The second kappa shape index (κ2) is 7.73. The fourth-order valence-electron chi connectivity index (χ4n) is 1.49. The fraction of sp³-hybridized carbons (Fsp3) is 1.00. The summed E-state index contributed by atoms with van der Waals surface area (Å²) in [5.41, 5.74) is -1.71. The molecule has 0 radical (unpaired) electrons. The molecule has 0 saturated heterocycles. The molecule has 0 aromatic heterocycles. The molecule has 0 aromatic rings. The quantitative estimate of drug-likeness (QED) is 0.369. The average Bonchev–Trinajstić information content (AvgIpc) is 2.26. The molecule has 0 amide bonds. The van der Waals surface area contributed by atoms with Crippen LogP contribution in [0.5, 0.6) is 0 Å². The summed E-state index contributed by atoms with van der Waals surface area (Å²) >= 11 is 0. The summed E-state index contributed by atoms with van der Waals surface area (Å²) in [4.78, 5) is 18.0. The first-order valence-corrected chi connectivity index (χ1v) is 8.64. The largest absolute Gasteiger partial charge is 0.436 e. The second-order valence-electron chi connectivity index (χ2n) is 3.12. The molecule has 0 spiro atoms. The third-order valence-electron chi connectivity index (χ3n) is 2.14. The van der Waals surface area contributed by atoms with Crippen molar-refractivity contribution >= 4 is 17.2 Å². The number of ether oxygens (including phenoxy) is 2. The summed E-state index contributed by atoms with van der Waals surface area (Å²) in [5.74, 6) is 0. The average molecular weight is 288 g/mol. The van der Waals surface area contributed by atoms with Crippen LogP contribution < -0.4 is 0 Å². The van der Waals surface area contributed by atoms with Crippen LogP contribution in [0, 0.1) is 0 Å². The molecule has 0 aliphatic rings. The molecule has 0 rings (SSSR count). The lowest BCUT2D eigenvalue weighted by Crippen LogP contribution is -2.64. The molecule has 0 saturated carbocycles. The second-order valence-corrected chi connectivity index (χ2v) is 6.89. The number of methoxy groups -OCH3 is 2. The molecular formula is C8H21O7PSi. The molecule has 0 aromatic carbocycles. The van der Waals surface area contributed by atoms with Gasteiger partial charge in [0.2, 0.25) is 0 Å². The molecule has 0 aliphatic heterocycles. The van der Waals surface area contributed by atoms with Gasteiger partial charge in [0.05, 0.1) is 0 Å². The summed E-state index contributed by atoms with van der Waals surface area (Å²) in [6, 6.07) is 0. The van der Waals surface area contributed by atoms with Crippen LogP contribution in [-0.4, -0.2) is 51.4 Å². The first-order chi connectivity index (χ1) is 7.91. The van der Waals surface area contributed by atoms with Crippen LogP contribution in [0.15, 0.2) is 0 Å². The van der Waals surface area contributed by atoms with E-state index in [2.05, 4.69) is 0 Å². The number of hydrogen-bond acceptors (Lipinski definition) is 7. The predicted molar refractivity (Wildman–Crippen MR) is 64.1 cm³/mol. The van der Waals surface area contributed by atoms with Crippen molar-refractivity contribution in [1.29, 1.82) is 0 Å². The highest BCUT2D eigenvalue weighted by Gasteiger charge is 2.60. The van der Waals surface area contributed by atoms with Crippen molar-refractivity contribution in [3.63, 3.8) is 0 Å². The molecule has 0 atom stereocenters. The van der Waals surface area contributed by atoms with E-state index in [0.29, 0.717) is 13.2 Å². The van der Waals surface area contributed by atoms with Gasteiger partial charge in [0.15, 0.2) is 0 Å². The Morgan fingerprint density at radius 2 is 1.47 bits per heavy atom. The van der Waals surface area contributed by atoms with E-state index >= 15 is 0 Å².